The highest BCUT2D eigenvalue weighted by Crippen LogP contribution is 2.24. The maximum absolute atomic E-state index is 12.5. The van der Waals surface area contributed by atoms with Crippen LogP contribution in [0.1, 0.15) is 34.6 Å². The average Bonchev–Trinajstić information content (AvgIpc) is 3.19. The second-order valence-electron chi connectivity index (χ2n) is 6.46. The Kier molecular flexibility index (Phi) is 8.75. The molecule has 0 unspecified atom stereocenters. The fourth-order valence-electron chi connectivity index (χ4n) is 2.74. The van der Waals surface area contributed by atoms with Crippen LogP contribution in [0.25, 0.3) is 5.69 Å². The van der Waals surface area contributed by atoms with Gasteiger partial charge in [0.05, 0.1) is 35.8 Å². The minimum Gasteiger partial charge on any atom is -0.462 e. The van der Waals surface area contributed by atoms with Crippen LogP contribution in [-0.2, 0) is 14.3 Å². The van der Waals surface area contributed by atoms with E-state index in [0.717, 1.165) is 5.69 Å². The summed E-state index contributed by atoms with van der Waals surface area (Å²) in [6, 6.07) is 13.8. The van der Waals surface area contributed by atoms with Crippen LogP contribution in [0.3, 0.4) is 0 Å². The van der Waals surface area contributed by atoms with Gasteiger partial charge in [0, 0.05) is 5.69 Å². The van der Waals surface area contributed by atoms with Gasteiger partial charge < -0.3 is 14.8 Å². The third kappa shape index (κ3) is 6.73. The van der Waals surface area contributed by atoms with Gasteiger partial charge in [-0.05, 0) is 56.4 Å². The SMILES string of the molecule is CCOC(=O)c1cc(NC(=O)CSc2nn(-c3ccccc3)c(=S)s2)cc(C(=O)OCC)c1. The van der Waals surface area contributed by atoms with E-state index in [1.165, 1.54) is 41.3 Å². The fourth-order valence-corrected chi connectivity index (χ4v) is 4.90. The van der Waals surface area contributed by atoms with Crippen LogP contribution in [0.2, 0.25) is 0 Å². The number of nitrogens with zero attached hydrogens (tertiary/aromatic N) is 2. The van der Waals surface area contributed by atoms with Crippen molar-refractivity contribution in [1.29, 1.82) is 0 Å². The van der Waals surface area contributed by atoms with Gasteiger partial charge in [0.2, 0.25) is 5.91 Å². The molecule has 0 aliphatic heterocycles. The lowest BCUT2D eigenvalue weighted by Gasteiger charge is -2.10. The Morgan fingerprint density at radius 3 is 2.21 bits per heavy atom. The summed E-state index contributed by atoms with van der Waals surface area (Å²) >= 11 is 7.93. The number of hydrogen-bond donors (Lipinski definition) is 1. The van der Waals surface area contributed by atoms with E-state index < -0.39 is 11.9 Å². The quantitative estimate of drug-likeness (QED) is 0.254. The Bertz CT molecular complexity index is 1170. The molecule has 0 atom stereocenters. The standard InChI is InChI=1S/C22H21N3O5S3/c1-3-29-19(27)14-10-15(20(28)30-4-2)12-16(11-14)23-18(26)13-32-21-24-25(22(31)33-21)17-8-6-5-7-9-17/h5-12H,3-4,13H2,1-2H3,(H,23,26). The van der Waals surface area contributed by atoms with Crippen LogP contribution in [0.5, 0.6) is 0 Å². The number of anilines is 1. The van der Waals surface area contributed by atoms with Crippen LogP contribution in [0.15, 0.2) is 52.9 Å². The normalized spacial score (nSPS) is 10.5. The lowest BCUT2D eigenvalue weighted by Crippen LogP contribution is -2.16. The molecule has 0 bridgehead atoms. The topological polar surface area (TPSA) is 99.5 Å². The van der Waals surface area contributed by atoms with E-state index in [4.69, 9.17) is 21.7 Å². The number of benzene rings is 2. The molecule has 33 heavy (non-hydrogen) atoms. The Labute approximate surface area is 203 Å². The van der Waals surface area contributed by atoms with Crippen molar-refractivity contribution in [1.82, 2.24) is 9.78 Å². The molecule has 172 valence electrons. The van der Waals surface area contributed by atoms with E-state index >= 15 is 0 Å². The molecule has 0 saturated heterocycles. The van der Waals surface area contributed by atoms with Crippen molar-refractivity contribution < 1.29 is 23.9 Å². The second kappa shape index (κ2) is 11.7. The summed E-state index contributed by atoms with van der Waals surface area (Å²) in [5.74, 6) is -1.46. The number of para-hydroxylation sites is 1. The maximum Gasteiger partial charge on any atom is 0.338 e. The van der Waals surface area contributed by atoms with Gasteiger partial charge in [0.15, 0.2) is 8.29 Å². The van der Waals surface area contributed by atoms with E-state index in [1.807, 2.05) is 30.3 Å². The summed E-state index contributed by atoms with van der Waals surface area (Å²) in [5, 5.41) is 7.17. The van der Waals surface area contributed by atoms with Gasteiger partial charge in [-0.3, -0.25) is 4.79 Å². The predicted molar refractivity (Wildman–Crippen MR) is 130 cm³/mol. The summed E-state index contributed by atoms with van der Waals surface area (Å²) in [6.07, 6.45) is 0. The number of aromatic nitrogens is 2. The Hall–Kier alpha value is -3.02. The molecule has 8 nitrogen and oxygen atoms in total. The number of thioether (sulfide) groups is 1. The Morgan fingerprint density at radius 1 is 1.03 bits per heavy atom. The largest absolute Gasteiger partial charge is 0.462 e. The number of carbonyl (C=O) groups is 3. The molecule has 0 fully saturated rings. The summed E-state index contributed by atoms with van der Waals surface area (Å²) in [4.78, 5) is 36.9. The van der Waals surface area contributed by atoms with Gasteiger partial charge in [0.25, 0.3) is 0 Å². The molecule has 1 aromatic heterocycles. The van der Waals surface area contributed by atoms with Gasteiger partial charge in [0.1, 0.15) is 0 Å². The monoisotopic (exact) mass is 503 g/mol. The highest BCUT2D eigenvalue weighted by Gasteiger charge is 2.16. The highest BCUT2D eigenvalue weighted by molar-refractivity contribution is 8.01. The molecular weight excluding hydrogens is 482 g/mol. The minimum absolute atomic E-state index is 0.0649. The highest BCUT2D eigenvalue weighted by atomic mass is 32.2. The molecule has 1 amide bonds. The van der Waals surface area contributed by atoms with Crippen molar-refractivity contribution in [2.75, 3.05) is 24.3 Å². The zero-order valence-corrected chi connectivity index (χ0v) is 20.4. The number of hydrogen-bond acceptors (Lipinski definition) is 9. The average molecular weight is 504 g/mol. The fraction of sp³-hybridized carbons (Fsp3) is 0.227. The molecule has 1 N–H and O–H groups in total. The molecule has 0 radical (unpaired) electrons. The van der Waals surface area contributed by atoms with Gasteiger partial charge in [-0.15, -0.1) is 5.10 Å². The molecule has 0 aliphatic carbocycles. The van der Waals surface area contributed by atoms with Crippen LogP contribution in [-0.4, -0.2) is 46.6 Å². The van der Waals surface area contributed by atoms with E-state index in [2.05, 4.69) is 10.4 Å². The van der Waals surface area contributed by atoms with Crippen molar-refractivity contribution in [2.24, 2.45) is 0 Å². The van der Waals surface area contributed by atoms with E-state index in [0.29, 0.717) is 8.29 Å². The van der Waals surface area contributed by atoms with Crippen molar-refractivity contribution >= 4 is 58.8 Å². The van der Waals surface area contributed by atoms with Crippen molar-refractivity contribution in [3.05, 3.63) is 63.6 Å². The van der Waals surface area contributed by atoms with Crippen molar-refractivity contribution in [3.8, 4) is 5.69 Å². The smallest absolute Gasteiger partial charge is 0.338 e. The van der Waals surface area contributed by atoms with Gasteiger partial charge >= 0.3 is 11.9 Å². The number of rotatable bonds is 9. The van der Waals surface area contributed by atoms with E-state index in [9.17, 15) is 14.4 Å². The molecular formula is C22H21N3O5S3. The molecule has 2 aromatic carbocycles. The summed E-state index contributed by atoms with van der Waals surface area (Å²) in [6.45, 7) is 3.73. The third-order valence-electron chi connectivity index (χ3n) is 4.10. The lowest BCUT2D eigenvalue weighted by atomic mass is 10.1. The van der Waals surface area contributed by atoms with Crippen LogP contribution in [0, 0.1) is 3.95 Å². The van der Waals surface area contributed by atoms with Crippen molar-refractivity contribution in [2.45, 2.75) is 18.2 Å². The summed E-state index contributed by atoms with van der Waals surface area (Å²) in [7, 11) is 0. The minimum atomic E-state index is -0.597. The number of carbonyl (C=O) groups excluding carboxylic acids is 3. The summed E-state index contributed by atoms with van der Waals surface area (Å²) < 4.78 is 12.9. The predicted octanol–water partition coefficient (Wildman–Crippen LogP) is 4.75. The number of nitrogens with one attached hydrogen (secondary N) is 1. The zero-order valence-electron chi connectivity index (χ0n) is 17.9. The third-order valence-corrected chi connectivity index (χ3v) is 6.46. The maximum atomic E-state index is 12.5. The Morgan fingerprint density at radius 2 is 1.64 bits per heavy atom. The molecule has 0 aliphatic rings. The van der Waals surface area contributed by atoms with E-state index in [1.54, 1.807) is 18.5 Å². The zero-order chi connectivity index (χ0) is 23.8. The molecule has 0 spiro atoms. The number of esters is 2. The Balaban J connectivity index is 1.71. The number of amides is 1. The van der Waals surface area contributed by atoms with Gasteiger partial charge in [-0.1, -0.05) is 41.3 Å². The molecule has 0 saturated carbocycles. The lowest BCUT2D eigenvalue weighted by molar-refractivity contribution is -0.113. The van der Waals surface area contributed by atoms with Crippen LogP contribution >= 0.6 is 35.3 Å². The van der Waals surface area contributed by atoms with Gasteiger partial charge in [-0.25, -0.2) is 14.3 Å². The molecule has 11 heteroatoms. The van der Waals surface area contributed by atoms with Crippen LogP contribution in [0.4, 0.5) is 5.69 Å². The van der Waals surface area contributed by atoms with Gasteiger partial charge in [-0.2, -0.15) is 0 Å². The first-order chi connectivity index (χ1) is 15.9. The van der Waals surface area contributed by atoms with Crippen molar-refractivity contribution in [3.63, 3.8) is 0 Å². The first-order valence-corrected chi connectivity index (χ1v) is 12.2. The molecule has 3 rings (SSSR count). The summed E-state index contributed by atoms with van der Waals surface area (Å²) in [5.41, 5.74) is 1.42. The van der Waals surface area contributed by atoms with Crippen LogP contribution < -0.4 is 5.32 Å². The first kappa shape index (κ1) is 24.6. The number of ether oxygens (including phenoxy) is 2. The molecule has 1 heterocycles. The molecule has 3 aromatic rings. The second-order valence-corrected chi connectivity index (χ2v) is 9.30. The first-order valence-electron chi connectivity index (χ1n) is 9.98. The van der Waals surface area contributed by atoms with E-state index in [-0.39, 0.29) is 41.7 Å².